The largest absolute Gasteiger partial charge is 0.237 e. The average molecular weight is 87.1 g/mol. The lowest BCUT2D eigenvalue weighted by Gasteiger charge is -1.85. The van der Waals surface area contributed by atoms with Gasteiger partial charge in [-0.15, -0.1) is 0 Å². The van der Waals surface area contributed by atoms with Gasteiger partial charge >= 0.3 is 0 Å². The van der Waals surface area contributed by atoms with Crippen LogP contribution in [0.15, 0.2) is 0 Å². The molecule has 0 saturated heterocycles. The fourth-order valence-corrected chi connectivity index (χ4v) is 0.144. The molecule has 0 radical (unpaired) electrons. The lowest BCUT2D eigenvalue weighted by molar-refractivity contribution is 0.208. The molecule has 0 amide bonds. The van der Waals surface area contributed by atoms with E-state index in [1.807, 2.05) is 6.92 Å². The lowest BCUT2D eigenvalue weighted by atomic mass is 10.3. The molecule has 0 atom stereocenters. The molecule has 0 fully saturated rings. The number of hydrogen-bond donors (Lipinski definition) is 0. The maximum Gasteiger partial charge on any atom is 0.237 e. The van der Waals surface area contributed by atoms with E-state index >= 15 is 0 Å². The van der Waals surface area contributed by atoms with Gasteiger partial charge < -0.3 is 0 Å². The molecule has 0 aliphatic rings. The molecule has 0 rings (SSSR count). The minimum atomic E-state index is 1.02. The molecule has 1 heteroatoms. The highest BCUT2D eigenvalue weighted by atomic mass is 16.5. The van der Waals surface area contributed by atoms with Crippen LogP contribution in [0.3, 0.4) is 0 Å². The van der Waals surface area contributed by atoms with Gasteiger partial charge in [0.05, 0.1) is 7.11 Å². The molecular weight excluding hydrogens is 76.1 g/mol. The van der Waals surface area contributed by atoms with Crippen molar-refractivity contribution in [3.63, 3.8) is 0 Å². The summed E-state index contributed by atoms with van der Waals surface area (Å²) in [5.74, 6) is 0. The van der Waals surface area contributed by atoms with Crippen molar-refractivity contribution < 1.29 is 4.74 Å². The smallest absolute Gasteiger partial charge is 0.198 e. The quantitative estimate of drug-likeness (QED) is 0.465. The van der Waals surface area contributed by atoms with Crippen molar-refractivity contribution in [2.24, 2.45) is 0 Å². The van der Waals surface area contributed by atoms with E-state index in [4.69, 9.17) is 4.74 Å². The van der Waals surface area contributed by atoms with Crippen molar-refractivity contribution >= 4 is 0 Å². The van der Waals surface area contributed by atoms with Crippen molar-refractivity contribution in [2.45, 2.75) is 20.3 Å². The number of ether oxygens (including phenoxy) is 1. The van der Waals surface area contributed by atoms with Gasteiger partial charge in [0.25, 0.3) is 0 Å². The van der Waals surface area contributed by atoms with E-state index < -0.39 is 0 Å². The molecule has 1 nitrogen and oxygen atoms in total. The molecular formula is C5H11O+. The Morgan fingerprint density at radius 2 is 2.17 bits per heavy atom. The van der Waals surface area contributed by atoms with Crippen LogP contribution < -0.4 is 0 Å². The van der Waals surface area contributed by atoms with E-state index in [1.165, 1.54) is 0 Å². The molecule has 36 valence electrons. The van der Waals surface area contributed by atoms with Crippen LogP contribution >= 0.6 is 0 Å². The van der Waals surface area contributed by atoms with Crippen molar-refractivity contribution in [1.29, 1.82) is 0 Å². The van der Waals surface area contributed by atoms with Gasteiger partial charge in [-0.25, -0.2) is 0 Å². The van der Waals surface area contributed by atoms with E-state index in [0.717, 1.165) is 12.5 Å². The molecule has 0 heterocycles. The van der Waals surface area contributed by atoms with Crippen LogP contribution in [0, 0.1) is 6.10 Å². The summed E-state index contributed by atoms with van der Waals surface area (Å²) in [6.45, 7) is 4.04. The van der Waals surface area contributed by atoms with Crippen LogP contribution in [0.2, 0.25) is 0 Å². The van der Waals surface area contributed by atoms with Gasteiger partial charge in [0.2, 0.25) is 6.10 Å². The van der Waals surface area contributed by atoms with Crippen LogP contribution in [-0.4, -0.2) is 7.11 Å². The summed E-state index contributed by atoms with van der Waals surface area (Å²) in [5, 5.41) is 0. The van der Waals surface area contributed by atoms with Crippen molar-refractivity contribution in [3.8, 4) is 0 Å². The monoisotopic (exact) mass is 87.1 g/mol. The van der Waals surface area contributed by atoms with Gasteiger partial charge in [-0.3, -0.25) is 0 Å². The van der Waals surface area contributed by atoms with E-state index in [-0.39, 0.29) is 0 Å². The maximum absolute atomic E-state index is 4.82. The summed E-state index contributed by atoms with van der Waals surface area (Å²) < 4.78 is 4.82. The zero-order valence-electron chi connectivity index (χ0n) is 4.62. The van der Waals surface area contributed by atoms with E-state index in [9.17, 15) is 0 Å². The zero-order valence-corrected chi connectivity index (χ0v) is 4.62. The maximum atomic E-state index is 4.82. The first-order valence-electron chi connectivity index (χ1n) is 2.17. The number of rotatable bonds is 2. The Labute approximate surface area is 39.3 Å². The zero-order chi connectivity index (χ0) is 4.99. The lowest BCUT2D eigenvalue weighted by Crippen LogP contribution is -1.88. The van der Waals surface area contributed by atoms with Gasteiger partial charge in [-0.2, -0.15) is 4.74 Å². The summed E-state index contributed by atoms with van der Waals surface area (Å²) in [5.41, 5.74) is 0. The second-order valence-corrected chi connectivity index (χ2v) is 1.26. The van der Waals surface area contributed by atoms with Gasteiger partial charge in [0.1, 0.15) is 13.3 Å². The van der Waals surface area contributed by atoms with Crippen LogP contribution in [0.4, 0.5) is 0 Å². The Balaban J connectivity index is 2.75. The van der Waals surface area contributed by atoms with Crippen molar-refractivity contribution in [3.05, 3.63) is 6.10 Å². The summed E-state index contributed by atoms with van der Waals surface area (Å²) in [6, 6.07) is 0. The predicted molar refractivity (Wildman–Crippen MR) is 26.2 cm³/mol. The third-order valence-corrected chi connectivity index (χ3v) is 0.846. The Hall–Kier alpha value is -0.170. The predicted octanol–water partition coefficient (Wildman–Crippen LogP) is 1.59. The summed E-state index contributed by atoms with van der Waals surface area (Å²) in [7, 11) is 1.69. The third-order valence-electron chi connectivity index (χ3n) is 0.846. The molecule has 0 bridgehead atoms. The minimum Gasteiger partial charge on any atom is -0.198 e. The fraction of sp³-hybridized carbons (Fsp3) is 0.800. The standard InChI is InChI=1S/C5H11O/c1-4-5(2)6-3/h4H2,1-3H3/q+1. The number of hydrogen-bond acceptors (Lipinski definition) is 1. The molecule has 0 spiro atoms. The average Bonchev–Trinajstić information content (AvgIpc) is 1.65. The Bertz CT molecular complexity index is 23.1. The van der Waals surface area contributed by atoms with Gasteiger partial charge in [-0.1, -0.05) is 0 Å². The summed E-state index contributed by atoms with van der Waals surface area (Å²) in [4.78, 5) is 0. The first-order valence-corrected chi connectivity index (χ1v) is 2.17. The van der Waals surface area contributed by atoms with Crippen LogP contribution in [0.5, 0.6) is 0 Å². The molecule has 0 aliphatic carbocycles. The molecule has 0 saturated carbocycles. The van der Waals surface area contributed by atoms with E-state index in [2.05, 4.69) is 6.92 Å². The number of methoxy groups -OCH3 is 1. The molecule has 0 aliphatic heterocycles. The van der Waals surface area contributed by atoms with Crippen molar-refractivity contribution in [2.75, 3.05) is 7.11 Å². The molecule has 0 aromatic heterocycles. The Morgan fingerprint density at radius 1 is 1.67 bits per heavy atom. The summed E-state index contributed by atoms with van der Waals surface area (Å²) >= 11 is 0. The van der Waals surface area contributed by atoms with Crippen molar-refractivity contribution in [1.82, 2.24) is 0 Å². The minimum absolute atomic E-state index is 1.02. The normalized spacial score (nSPS) is 8.50. The molecule has 0 unspecified atom stereocenters. The van der Waals surface area contributed by atoms with E-state index in [0.29, 0.717) is 0 Å². The van der Waals surface area contributed by atoms with Crippen LogP contribution in [-0.2, 0) is 4.74 Å². The highest BCUT2D eigenvalue weighted by Gasteiger charge is 2.04. The van der Waals surface area contributed by atoms with Crippen LogP contribution in [0.25, 0.3) is 0 Å². The first-order chi connectivity index (χ1) is 2.81. The highest BCUT2D eigenvalue weighted by Crippen LogP contribution is 2.00. The second kappa shape index (κ2) is 3.04. The van der Waals surface area contributed by atoms with Crippen LogP contribution in [0.1, 0.15) is 20.3 Å². The Kier molecular flexibility index (Phi) is 2.95. The van der Waals surface area contributed by atoms with Gasteiger partial charge in [0, 0.05) is 0 Å². The second-order valence-electron chi connectivity index (χ2n) is 1.26. The van der Waals surface area contributed by atoms with E-state index in [1.54, 1.807) is 7.11 Å². The van der Waals surface area contributed by atoms with Gasteiger partial charge in [-0.05, 0) is 6.92 Å². The molecule has 6 heavy (non-hydrogen) atoms. The molecule has 0 aromatic rings. The SMILES string of the molecule is CC[C+](C)OC. The molecule has 0 N–H and O–H groups in total. The molecule has 0 aromatic carbocycles. The fourth-order valence-electron chi connectivity index (χ4n) is 0.144. The topological polar surface area (TPSA) is 9.23 Å². The summed E-state index contributed by atoms with van der Waals surface area (Å²) in [6.07, 6.45) is 2.12. The third kappa shape index (κ3) is 2.09. The van der Waals surface area contributed by atoms with Gasteiger partial charge in [0.15, 0.2) is 0 Å². The Morgan fingerprint density at radius 3 is 2.17 bits per heavy atom. The highest BCUT2D eigenvalue weighted by molar-refractivity contribution is 4.64. The first kappa shape index (κ1) is 5.83.